The molecule has 0 amide bonds. The van der Waals surface area contributed by atoms with Gasteiger partial charge < -0.3 is 0 Å². The Labute approximate surface area is 110 Å². The van der Waals surface area contributed by atoms with Gasteiger partial charge in [0.15, 0.2) is 0 Å². The molecule has 0 bridgehead atoms. The number of rotatable bonds is 9. The second kappa shape index (κ2) is 7.14. The van der Waals surface area contributed by atoms with Crippen LogP contribution in [0.1, 0.15) is 26.2 Å². The molecule has 12 heteroatoms. The van der Waals surface area contributed by atoms with Crippen LogP contribution in [0.15, 0.2) is 0 Å². The van der Waals surface area contributed by atoms with E-state index in [9.17, 15) is 9.90 Å². The second-order valence-electron chi connectivity index (χ2n) is 3.97. The van der Waals surface area contributed by atoms with Crippen molar-refractivity contribution in [1.29, 1.82) is 0 Å². The van der Waals surface area contributed by atoms with Crippen LogP contribution in [-0.4, -0.2) is 52.9 Å². The molecule has 0 aromatic rings. The summed E-state index contributed by atoms with van der Waals surface area (Å²) in [5.41, 5.74) is -1.59. The molecule has 1 atom stereocenters. The fourth-order valence-corrected chi connectivity index (χ4v) is 3.28. The van der Waals surface area contributed by atoms with Gasteiger partial charge in [-0.2, -0.15) is 0 Å². The number of aliphatic carboxylic acids is 1. The zero-order valence-electron chi connectivity index (χ0n) is 10.2. The molecular weight excluding hydrogens is 306 g/mol. The number of hydrogen-bond donors (Lipinski definition) is 7. The number of carboxylic acids is 1. The van der Waals surface area contributed by atoms with Crippen molar-refractivity contribution in [2.24, 2.45) is 0 Å². The first-order chi connectivity index (χ1) is 8.39. The van der Waals surface area contributed by atoms with Gasteiger partial charge in [-0.05, 0) is 0 Å². The van der Waals surface area contributed by atoms with Crippen LogP contribution >= 0.6 is 16.3 Å². The SMILES string of the molecule is CCC(O)(CCO[PH](O)(O)O[PH](O)(O)O)CC(=O)O. The molecule has 118 valence electrons. The van der Waals surface area contributed by atoms with Crippen LogP contribution in [0.4, 0.5) is 0 Å². The Morgan fingerprint density at radius 3 is 2.11 bits per heavy atom. The van der Waals surface area contributed by atoms with E-state index in [1.165, 1.54) is 6.92 Å². The van der Waals surface area contributed by atoms with Gasteiger partial charge in [-0.3, -0.25) is 0 Å². The fourth-order valence-electron chi connectivity index (χ4n) is 1.25. The zero-order chi connectivity index (χ0) is 15.3. The summed E-state index contributed by atoms with van der Waals surface area (Å²) >= 11 is 0. The molecular formula is C7H20O10P2. The van der Waals surface area contributed by atoms with Gasteiger partial charge in [0.25, 0.3) is 0 Å². The summed E-state index contributed by atoms with van der Waals surface area (Å²) in [6.45, 7) is 1.04. The molecule has 0 radical (unpaired) electrons. The molecule has 10 nitrogen and oxygen atoms in total. The molecule has 0 aliphatic carbocycles. The maximum absolute atomic E-state index is 10.5. The number of carboxylic acid groups (broad SMARTS) is 1. The Morgan fingerprint density at radius 2 is 1.74 bits per heavy atom. The van der Waals surface area contributed by atoms with Gasteiger partial charge in [0.1, 0.15) is 0 Å². The van der Waals surface area contributed by atoms with Gasteiger partial charge in [0, 0.05) is 0 Å². The summed E-state index contributed by atoms with van der Waals surface area (Å²) in [4.78, 5) is 54.3. The molecule has 0 aliphatic rings. The van der Waals surface area contributed by atoms with Gasteiger partial charge in [0.2, 0.25) is 0 Å². The maximum atomic E-state index is 10.5. The van der Waals surface area contributed by atoms with Crippen LogP contribution in [0.3, 0.4) is 0 Å². The van der Waals surface area contributed by atoms with E-state index in [-0.39, 0.29) is 12.8 Å². The molecule has 0 saturated carbocycles. The van der Waals surface area contributed by atoms with Crippen molar-refractivity contribution in [2.45, 2.75) is 31.8 Å². The average Bonchev–Trinajstić information content (AvgIpc) is 2.11. The number of carbonyl (C=O) groups is 1. The Bertz CT molecular complexity index is 303. The van der Waals surface area contributed by atoms with Crippen molar-refractivity contribution >= 4 is 22.3 Å². The summed E-state index contributed by atoms with van der Waals surface area (Å²) < 4.78 is 8.20. The summed E-state index contributed by atoms with van der Waals surface area (Å²) in [6.07, 6.45) is -0.711. The topological polar surface area (TPSA) is 177 Å². The van der Waals surface area contributed by atoms with E-state index in [0.717, 1.165) is 0 Å². The fraction of sp³-hybridized carbons (Fsp3) is 0.857. The molecule has 0 heterocycles. The third-order valence-corrected chi connectivity index (χ3v) is 5.01. The summed E-state index contributed by atoms with van der Waals surface area (Å²) in [7, 11) is -10.1. The van der Waals surface area contributed by atoms with Gasteiger partial charge in [0.05, 0.1) is 0 Å². The van der Waals surface area contributed by atoms with Crippen molar-refractivity contribution in [1.82, 2.24) is 0 Å². The Morgan fingerprint density at radius 1 is 1.21 bits per heavy atom. The molecule has 0 saturated heterocycles. The standard InChI is InChI=1S/C7H20O10P2/c1-2-7(10,5-6(8)9)3-4-16-19(14,15)17-18(11,12)13/h10-15,18-19H,2-5H2,1H3,(H,8,9). The van der Waals surface area contributed by atoms with Crippen molar-refractivity contribution in [3.63, 3.8) is 0 Å². The minimum absolute atomic E-state index is 0.0909. The van der Waals surface area contributed by atoms with Gasteiger partial charge in [-0.25, -0.2) is 0 Å². The third kappa shape index (κ3) is 9.53. The first-order valence-corrected chi connectivity index (χ1v) is 8.75. The zero-order valence-corrected chi connectivity index (χ0v) is 12.2. The molecule has 0 aromatic heterocycles. The average molecular weight is 326 g/mol. The van der Waals surface area contributed by atoms with E-state index in [4.69, 9.17) is 29.6 Å². The van der Waals surface area contributed by atoms with E-state index >= 15 is 0 Å². The third-order valence-electron chi connectivity index (χ3n) is 2.27. The molecule has 0 rings (SSSR count). The summed E-state index contributed by atoms with van der Waals surface area (Å²) in [6, 6.07) is 0. The Hall–Kier alpha value is 0.01000. The van der Waals surface area contributed by atoms with Gasteiger partial charge in [-0.1, -0.05) is 0 Å². The second-order valence-corrected chi connectivity index (χ2v) is 7.32. The van der Waals surface area contributed by atoms with Crippen LogP contribution in [0, 0.1) is 0 Å². The van der Waals surface area contributed by atoms with E-state index in [2.05, 4.69) is 8.83 Å². The molecule has 0 spiro atoms. The van der Waals surface area contributed by atoms with Crippen molar-refractivity contribution < 1.29 is 48.3 Å². The molecule has 0 aliphatic heterocycles. The monoisotopic (exact) mass is 326 g/mol. The van der Waals surface area contributed by atoms with Crippen LogP contribution in [0.5, 0.6) is 0 Å². The van der Waals surface area contributed by atoms with Crippen molar-refractivity contribution in [3.05, 3.63) is 0 Å². The van der Waals surface area contributed by atoms with Gasteiger partial charge in [-0.15, -0.1) is 0 Å². The Balaban J connectivity index is 4.30. The van der Waals surface area contributed by atoms with E-state index in [0.29, 0.717) is 0 Å². The number of aliphatic hydroxyl groups is 1. The van der Waals surface area contributed by atoms with E-state index in [1.54, 1.807) is 0 Å². The first-order valence-electron chi connectivity index (χ1n) is 5.29. The molecule has 1 unspecified atom stereocenters. The molecule has 0 fully saturated rings. The van der Waals surface area contributed by atoms with Crippen LogP contribution in [0.2, 0.25) is 0 Å². The first kappa shape index (κ1) is 19.0. The Kier molecular flexibility index (Phi) is 7.15. The minimum atomic E-state index is -5.14. The number of hydrogen-bond acceptors (Lipinski definition) is 9. The normalized spacial score (nSPS) is 17.8. The molecule has 7 N–H and O–H groups in total. The van der Waals surface area contributed by atoms with E-state index < -0.39 is 40.9 Å². The quantitative estimate of drug-likeness (QED) is 0.255. The predicted molar refractivity (Wildman–Crippen MR) is 66.9 cm³/mol. The van der Waals surface area contributed by atoms with Gasteiger partial charge >= 0.3 is 109 Å². The van der Waals surface area contributed by atoms with Crippen molar-refractivity contribution in [2.75, 3.05) is 6.61 Å². The summed E-state index contributed by atoms with van der Waals surface area (Å²) in [5.74, 6) is -1.23. The van der Waals surface area contributed by atoms with Crippen LogP contribution < -0.4 is 0 Å². The van der Waals surface area contributed by atoms with Crippen molar-refractivity contribution in [3.8, 4) is 0 Å². The predicted octanol–water partition coefficient (Wildman–Crippen LogP) is -1.19. The van der Waals surface area contributed by atoms with Crippen LogP contribution in [-0.2, 0) is 13.6 Å². The van der Waals surface area contributed by atoms with E-state index in [1.807, 2.05) is 0 Å². The summed E-state index contributed by atoms with van der Waals surface area (Å²) in [5, 5.41) is 18.4. The molecule has 19 heavy (non-hydrogen) atoms. The molecule has 0 aromatic carbocycles. The van der Waals surface area contributed by atoms with Crippen LogP contribution in [0.25, 0.3) is 0 Å².